The van der Waals surface area contributed by atoms with Crippen LogP contribution in [-0.2, 0) is 6.42 Å². The number of rotatable bonds is 0. The van der Waals surface area contributed by atoms with E-state index < -0.39 is 0 Å². The molecule has 0 amide bonds. The fourth-order valence-corrected chi connectivity index (χ4v) is 4.64. The van der Waals surface area contributed by atoms with E-state index in [0.717, 1.165) is 5.92 Å². The molecule has 1 heteroatoms. The van der Waals surface area contributed by atoms with Gasteiger partial charge in [-0.25, -0.2) is 0 Å². The fourth-order valence-electron chi connectivity index (χ4n) is 3.96. The zero-order chi connectivity index (χ0) is 15.5. The maximum Gasteiger partial charge on any atom is 0.0116 e. The van der Waals surface area contributed by atoms with Crippen molar-refractivity contribution >= 4 is 29.5 Å². The van der Waals surface area contributed by atoms with Gasteiger partial charge in [-0.1, -0.05) is 54.7 Å². The summed E-state index contributed by atoms with van der Waals surface area (Å²) in [7, 11) is 0. The summed E-state index contributed by atoms with van der Waals surface area (Å²) in [5.41, 5.74) is 4.62. The van der Waals surface area contributed by atoms with Gasteiger partial charge in [0.1, 0.15) is 0 Å². The molecule has 0 saturated heterocycles. The summed E-state index contributed by atoms with van der Waals surface area (Å²) in [4.78, 5) is 0. The van der Waals surface area contributed by atoms with Gasteiger partial charge in [-0.05, 0) is 65.2 Å². The van der Waals surface area contributed by atoms with Crippen molar-refractivity contribution in [2.45, 2.75) is 32.1 Å². The summed E-state index contributed by atoms with van der Waals surface area (Å²) < 4.78 is 0. The zero-order valence-electron chi connectivity index (χ0n) is 13.6. The molecule has 0 aromatic heterocycles. The standard InChI is InChI=1S/C18H18.C4H6S/c1-3-7-15-13(5-1)9-11-18-16-8-4-2-6-14(16)10-12-17(15)18;1-2-4-5-3-1/h1,3,7-8,10-13H,2,4-6,9H2;1-2H,3-4H2. The molecule has 1 aromatic carbocycles. The lowest BCUT2D eigenvalue weighted by molar-refractivity contribution is 0.696. The fraction of sp³-hybridized carbons (Fsp3) is 0.364. The maximum atomic E-state index is 2.48. The van der Waals surface area contributed by atoms with Crippen LogP contribution in [0.1, 0.15) is 36.8 Å². The number of hydrogen-bond acceptors (Lipinski definition) is 1. The second kappa shape index (κ2) is 6.97. The van der Waals surface area contributed by atoms with E-state index in [1.807, 2.05) is 11.8 Å². The second-order valence-electron chi connectivity index (χ2n) is 6.63. The Labute approximate surface area is 143 Å². The molecular formula is C22H24S. The van der Waals surface area contributed by atoms with Gasteiger partial charge in [0.2, 0.25) is 0 Å². The van der Waals surface area contributed by atoms with Crippen LogP contribution >= 0.6 is 11.8 Å². The molecule has 1 aliphatic heterocycles. The SMILES string of the molecule is C1=CCC2CC=c3c(ccc4c3=CCCC4)C2=C1.C1=CCSC1. The molecule has 1 unspecified atom stereocenters. The van der Waals surface area contributed by atoms with E-state index in [1.165, 1.54) is 59.6 Å². The van der Waals surface area contributed by atoms with Gasteiger partial charge in [-0.15, -0.1) is 0 Å². The Bertz CT molecular complexity index is 786. The highest BCUT2D eigenvalue weighted by molar-refractivity contribution is 7.99. The third-order valence-electron chi connectivity index (χ3n) is 5.16. The van der Waals surface area contributed by atoms with E-state index in [2.05, 4.69) is 54.7 Å². The highest BCUT2D eigenvalue weighted by atomic mass is 32.2. The first-order chi connectivity index (χ1) is 11.4. The molecule has 0 saturated carbocycles. The Morgan fingerprint density at radius 3 is 2.65 bits per heavy atom. The number of fused-ring (bicyclic) bond motifs is 5. The maximum absolute atomic E-state index is 2.48. The van der Waals surface area contributed by atoms with E-state index in [1.54, 1.807) is 11.1 Å². The number of thioether (sulfide) groups is 1. The molecule has 0 nitrogen and oxygen atoms in total. The number of hydrogen-bond donors (Lipinski definition) is 0. The van der Waals surface area contributed by atoms with Crippen LogP contribution in [0.25, 0.3) is 17.7 Å². The molecule has 1 atom stereocenters. The lowest BCUT2D eigenvalue weighted by atomic mass is 9.78. The van der Waals surface area contributed by atoms with Gasteiger partial charge in [0.25, 0.3) is 0 Å². The van der Waals surface area contributed by atoms with E-state index in [0.29, 0.717) is 0 Å². The monoisotopic (exact) mass is 320 g/mol. The van der Waals surface area contributed by atoms with E-state index in [9.17, 15) is 0 Å². The van der Waals surface area contributed by atoms with E-state index >= 15 is 0 Å². The normalized spacial score (nSPS) is 23.3. The first kappa shape index (κ1) is 15.1. The van der Waals surface area contributed by atoms with Crippen LogP contribution in [0.4, 0.5) is 0 Å². The Balaban J connectivity index is 0.000000233. The Morgan fingerprint density at radius 1 is 0.913 bits per heavy atom. The molecule has 0 bridgehead atoms. The Morgan fingerprint density at radius 2 is 1.83 bits per heavy atom. The molecule has 0 N–H and O–H groups in total. The largest absolute Gasteiger partial charge is 0.154 e. The van der Waals surface area contributed by atoms with Crippen molar-refractivity contribution in [2.75, 3.05) is 11.5 Å². The molecule has 0 spiro atoms. The van der Waals surface area contributed by atoms with Gasteiger partial charge in [0, 0.05) is 11.5 Å². The molecular weight excluding hydrogens is 296 g/mol. The Kier molecular flexibility index (Phi) is 4.57. The molecule has 0 radical (unpaired) electrons. The summed E-state index contributed by atoms with van der Waals surface area (Å²) in [6, 6.07) is 4.72. The smallest absolute Gasteiger partial charge is 0.0116 e. The summed E-state index contributed by atoms with van der Waals surface area (Å²) >= 11 is 1.96. The number of aryl methyl sites for hydroxylation is 1. The average molecular weight is 321 g/mol. The van der Waals surface area contributed by atoms with Crippen molar-refractivity contribution in [3.63, 3.8) is 0 Å². The summed E-state index contributed by atoms with van der Waals surface area (Å²) in [6.45, 7) is 0. The molecule has 5 rings (SSSR count). The van der Waals surface area contributed by atoms with Crippen molar-refractivity contribution in [3.05, 3.63) is 64.1 Å². The predicted octanol–water partition coefficient (Wildman–Crippen LogP) is 4.24. The molecule has 1 heterocycles. The minimum Gasteiger partial charge on any atom is -0.154 e. The highest BCUT2D eigenvalue weighted by Crippen LogP contribution is 2.33. The van der Waals surface area contributed by atoms with E-state index in [4.69, 9.17) is 0 Å². The van der Waals surface area contributed by atoms with Crippen LogP contribution in [0.3, 0.4) is 0 Å². The van der Waals surface area contributed by atoms with Crippen molar-refractivity contribution < 1.29 is 0 Å². The van der Waals surface area contributed by atoms with Gasteiger partial charge in [0.05, 0.1) is 0 Å². The summed E-state index contributed by atoms with van der Waals surface area (Å²) in [6.07, 6.45) is 22.4. The van der Waals surface area contributed by atoms with Crippen molar-refractivity contribution in [2.24, 2.45) is 5.92 Å². The van der Waals surface area contributed by atoms with Crippen LogP contribution in [-0.4, -0.2) is 11.5 Å². The quantitative estimate of drug-likeness (QED) is 0.644. The lowest BCUT2D eigenvalue weighted by Crippen LogP contribution is -2.36. The highest BCUT2D eigenvalue weighted by Gasteiger charge is 2.21. The lowest BCUT2D eigenvalue weighted by Gasteiger charge is -2.26. The van der Waals surface area contributed by atoms with Gasteiger partial charge >= 0.3 is 0 Å². The van der Waals surface area contributed by atoms with Crippen molar-refractivity contribution in [1.82, 2.24) is 0 Å². The van der Waals surface area contributed by atoms with Gasteiger partial charge in [-0.2, -0.15) is 11.8 Å². The van der Waals surface area contributed by atoms with Crippen molar-refractivity contribution in [1.29, 1.82) is 0 Å². The number of benzene rings is 1. The van der Waals surface area contributed by atoms with Crippen LogP contribution in [0, 0.1) is 5.92 Å². The van der Waals surface area contributed by atoms with Gasteiger partial charge < -0.3 is 0 Å². The predicted molar refractivity (Wildman–Crippen MR) is 104 cm³/mol. The molecule has 23 heavy (non-hydrogen) atoms. The van der Waals surface area contributed by atoms with Crippen LogP contribution in [0.2, 0.25) is 0 Å². The molecule has 0 fully saturated rings. The van der Waals surface area contributed by atoms with E-state index in [-0.39, 0.29) is 0 Å². The minimum atomic E-state index is 0.726. The van der Waals surface area contributed by atoms with Crippen LogP contribution in [0.15, 0.2) is 42.5 Å². The minimum absolute atomic E-state index is 0.726. The van der Waals surface area contributed by atoms with Gasteiger partial charge in [0.15, 0.2) is 0 Å². The first-order valence-electron chi connectivity index (χ1n) is 8.85. The third kappa shape index (κ3) is 3.12. The van der Waals surface area contributed by atoms with Crippen LogP contribution in [0.5, 0.6) is 0 Å². The summed E-state index contributed by atoms with van der Waals surface area (Å²) in [5.74, 6) is 3.20. The van der Waals surface area contributed by atoms with Gasteiger partial charge in [-0.3, -0.25) is 0 Å². The number of allylic oxidation sites excluding steroid dienone is 4. The molecule has 118 valence electrons. The second-order valence-corrected chi connectivity index (χ2v) is 7.70. The third-order valence-corrected chi connectivity index (χ3v) is 6.02. The molecule has 3 aliphatic carbocycles. The first-order valence-corrected chi connectivity index (χ1v) is 10.0. The zero-order valence-corrected chi connectivity index (χ0v) is 14.4. The summed E-state index contributed by atoms with van der Waals surface area (Å²) in [5, 5.41) is 3.05. The Hall–Kier alpha value is -1.47. The average Bonchev–Trinajstić information content (AvgIpc) is 3.21. The van der Waals surface area contributed by atoms with Crippen LogP contribution < -0.4 is 10.4 Å². The van der Waals surface area contributed by atoms with Crippen molar-refractivity contribution in [3.8, 4) is 0 Å². The molecule has 4 aliphatic rings. The molecule has 1 aromatic rings. The topological polar surface area (TPSA) is 0 Å².